The Morgan fingerprint density at radius 1 is 1.37 bits per heavy atom. The van der Waals surface area contributed by atoms with Gasteiger partial charge in [0.15, 0.2) is 0 Å². The number of carbonyl (C=O) groups excluding carboxylic acids is 1. The number of nitrogens with zero attached hydrogens (tertiary/aromatic N) is 1. The topological polar surface area (TPSA) is 29.5 Å². The fourth-order valence-corrected chi connectivity index (χ4v) is 2.98. The van der Waals surface area contributed by atoms with Gasteiger partial charge in [0.05, 0.1) is 12.5 Å². The molecule has 1 atom stereocenters. The molecular weight excluding hydrogens is 238 g/mol. The van der Waals surface area contributed by atoms with Gasteiger partial charge >= 0.3 is 0 Å². The van der Waals surface area contributed by atoms with Gasteiger partial charge in [0.25, 0.3) is 0 Å². The summed E-state index contributed by atoms with van der Waals surface area (Å²) in [5.74, 6) is 1.23. The van der Waals surface area contributed by atoms with Crippen LogP contribution in [0.1, 0.15) is 31.2 Å². The molecule has 1 aliphatic rings. The lowest BCUT2D eigenvalue weighted by atomic mass is 9.75. The molecule has 1 aromatic carbocycles. The Bertz CT molecular complexity index is 456. The number of methoxy groups -OCH3 is 1. The molecule has 0 aromatic heterocycles. The number of hydrogen-bond donors (Lipinski definition) is 0. The van der Waals surface area contributed by atoms with E-state index >= 15 is 0 Å². The van der Waals surface area contributed by atoms with E-state index in [2.05, 4.69) is 25.1 Å². The number of carbonyl (C=O) groups is 1. The molecule has 0 radical (unpaired) electrons. The highest BCUT2D eigenvalue weighted by molar-refractivity contribution is 5.92. The fraction of sp³-hybridized carbons (Fsp3) is 0.562. The van der Waals surface area contributed by atoms with Gasteiger partial charge in [-0.05, 0) is 57.6 Å². The van der Waals surface area contributed by atoms with Crippen LogP contribution in [0.5, 0.6) is 5.75 Å². The third-order valence-corrected chi connectivity index (χ3v) is 4.15. The van der Waals surface area contributed by atoms with Crippen LogP contribution in [0.3, 0.4) is 0 Å². The summed E-state index contributed by atoms with van der Waals surface area (Å²) in [5.41, 5.74) is 0.829. The number of ketones is 1. The Morgan fingerprint density at radius 3 is 2.74 bits per heavy atom. The Labute approximate surface area is 115 Å². The van der Waals surface area contributed by atoms with Crippen molar-refractivity contribution in [1.29, 1.82) is 0 Å². The predicted octanol–water partition coefficient (Wildman–Crippen LogP) is 2.64. The van der Waals surface area contributed by atoms with Crippen LogP contribution in [-0.4, -0.2) is 38.4 Å². The van der Waals surface area contributed by atoms with E-state index in [0.717, 1.165) is 37.1 Å². The van der Waals surface area contributed by atoms with E-state index in [-0.39, 0.29) is 5.41 Å². The zero-order chi connectivity index (χ0) is 13.9. The smallest absolute Gasteiger partial charge is 0.143 e. The zero-order valence-electron chi connectivity index (χ0n) is 12.1. The summed E-state index contributed by atoms with van der Waals surface area (Å²) in [6.07, 6.45) is 3.58. The third-order valence-electron chi connectivity index (χ3n) is 4.15. The van der Waals surface area contributed by atoms with Gasteiger partial charge < -0.3 is 9.64 Å². The molecular formula is C16H23NO2. The van der Waals surface area contributed by atoms with Crippen molar-refractivity contribution >= 4 is 5.78 Å². The summed E-state index contributed by atoms with van der Waals surface area (Å²) < 4.78 is 5.30. The second-order valence-corrected chi connectivity index (χ2v) is 5.64. The van der Waals surface area contributed by atoms with Crippen molar-refractivity contribution in [3.63, 3.8) is 0 Å². The van der Waals surface area contributed by atoms with E-state index in [1.165, 1.54) is 0 Å². The second kappa shape index (κ2) is 5.74. The molecule has 0 aliphatic heterocycles. The molecule has 0 bridgehead atoms. The lowest BCUT2D eigenvalue weighted by Crippen LogP contribution is -2.34. The molecule has 0 amide bonds. The maximum absolute atomic E-state index is 12.4. The van der Waals surface area contributed by atoms with Crippen molar-refractivity contribution in [2.75, 3.05) is 27.7 Å². The van der Waals surface area contributed by atoms with Gasteiger partial charge in [-0.1, -0.05) is 12.1 Å². The highest BCUT2D eigenvalue weighted by Crippen LogP contribution is 2.42. The van der Waals surface area contributed by atoms with Crippen LogP contribution in [0.4, 0.5) is 0 Å². The Balaban J connectivity index is 2.33. The zero-order valence-corrected chi connectivity index (χ0v) is 12.1. The van der Waals surface area contributed by atoms with Crippen LogP contribution in [0.15, 0.2) is 24.3 Å². The standard InChI is InChI=1S/C16H23NO2/c1-17(2)11-10-16(9-5-8-15(16)18)13-6-4-7-14(12-13)19-3/h4,6-7,12H,5,8-11H2,1-3H3. The van der Waals surface area contributed by atoms with E-state index < -0.39 is 0 Å². The maximum Gasteiger partial charge on any atom is 0.143 e. The van der Waals surface area contributed by atoms with Crippen LogP contribution >= 0.6 is 0 Å². The molecule has 2 rings (SSSR count). The number of rotatable bonds is 5. The van der Waals surface area contributed by atoms with Crippen molar-refractivity contribution in [3.8, 4) is 5.75 Å². The van der Waals surface area contributed by atoms with Gasteiger partial charge in [0.1, 0.15) is 11.5 Å². The van der Waals surface area contributed by atoms with Crippen LogP contribution in [0.2, 0.25) is 0 Å². The van der Waals surface area contributed by atoms with Gasteiger partial charge in [0, 0.05) is 6.42 Å². The second-order valence-electron chi connectivity index (χ2n) is 5.64. The highest BCUT2D eigenvalue weighted by atomic mass is 16.5. The van der Waals surface area contributed by atoms with Gasteiger partial charge in [-0.2, -0.15) is 0 Å². The molecule has 1 fully saturated rings. The van der Waals surface area contributed by atoms with E-state index in [1.54, 1.807) is 7.11 Å². The van der Waals surface area contributed by atoms with Crippen LogP contribution < -0.4 is 4.74 Å². The Morgan fingerprint density at radius 2 is 2.16 bits per heavy atom. The molecule has 1 aromatic rings. The third kappa shape index (κ3) is 2.81. The van der Waals surface area contributed by atoms with Crippen LogP contribution in [0.25, 0.3) is 0 Å². The molecule has 0 saturated heterocycles. The van der Waals surface area contributed by atoms with Crippen molar-refractivity contribution in [1.82, 2.24) is 4.90 Å². The van der Waals surface area contributed by atoms with Crippen LogP contribution in [0, 0.1) is 0 Å². The maximum atomic E-state index is 12.4. The summed E-state index contributed by atoms with van der Waals surface area (Å²) in [7, 11) is 5.78. The minimum atomic E-state index is -0.293. The van der Waals surface area contributed by atoms with E-state index in [4.69, 9.17) is 4.74 Å². The average Bonchev–Trinajstić information content (AvgIpc) is 2.79. The molecule has 0 spiro atoms. The fourth-order valence-electron chi connectivity index (χ4n) is 2.98. The van der Waals surface area contributed by atoms with Crippen molar-refractivity contribution in [2.45, 2.75) is 31.1 Å². The summed E-state index contributed by atoms with van der Waals surface area (Å²) in [6, 6.07) is 8.01. The summed E-state index contributed by atoms with van der Waals surface area (Å²) in [6.45, 7) is 0.933. The van der Waals surface area contributed by atoms with E-state index in [9.17, 15) is 4.79 Å². The first-order valence-electron chi connectivity index (χ1n) is 6.91. The predicted molar refractivity (Wildman–Crippen MR) is 76.7 cm³/mol. The van der Waals surface area contributed by atoms with E-state index in [0.29, 0.717) is 12.2 Å². The minimum absolute atomic E-state index is 0.293. The van der Waals surface area contributed by atoms with E-state index in [1.807, 2.05) is 18.2 Å². The van der Waals surface area contributed by atoms with Gasteiger partial charge in [-0.15, -0.1) is 0 Å². The first-order chi connectivity index (χ1) is 9.08. The SMILES string of the molecule is COc1cccc(C2(CCN(C)C)CCCC2=O)c1. The monoisotopic (exact) mass is 261 g/mol. The minimum Gasteiger partial charge on any atom is -0.497 e. The first kappa shape index (κ1) is 14.1. The lowest BCUT2D eigenvalue weighted by Gasteiger charge is -2.29. The molecule has 1 aliphatic carbocycles. The Hall–Kier alpha value is -1.35. The first-order valence-corrected chi connectivity index (χ1v) is 6.91. The Kier molecular flexibility index (Phi) is 4.25. The molecule has 104 valence electrons. The molecule has 3 nitrogen and oxygen atoms in total. The highest BCUT2D eigenvalue weighted by Gasteiger charge is 2.43. The molecule has 0 heterocycles. The van der Waals surface area contributed by atoms with Crippen molar-refractivity contribution in [3.05, 3.63) is 29.8 Å². The van der Waals surface area contributed by atoms with Gasteiger partial charge in [0.2, 0.25) is 0 Å². The summed E-state index contributed by atoms with van der Waals surface area (Å²) >= 11 is 0. The van der Waals surface area contributed by atoms with Crippen molar-refractivity contribution < 1.29 is 9.53 Å². The number of Topliss-reactive ketones (excluding diaryl/α,β-unsaturated/α-hetero) is 1. The largest absolute Gasteiger partial charge is 0.497 e. The van der Waals surface area contributed by atoms with Gasteiger partial charge in [-0.3, -0.25) is 4.79 Å². The normalized spacial score (nSPS) is 23.1. The molecule has 0 N–H and O–H groups in total. The summed E-state index contributed by atoms with van der Waals surface area (Å²) in [4.78, 5) is 14.6. The number of benzene rings is 1. The number of ether oxygens (including phenoxy) is 1. The van der Waals surface area contributed by atoms with Crippen molar-refractivity contribution in [2.24, 2.45) is 0 Å². The molecule has 19 heavy (non-hydrogen) atoms. The average molecular weight is 261 g/mol. The summed E-state index contributed by atoms with van der Waals surface area (Å²) in [5, 5.41) is 0. The van der Waals surface area contributed by atoms with Gasteiger partial charge in [-0.25, -0.2) is 0 Å². The quantitative estimate of drug-likeness (QED) is 0.816. The number of hydrogen-bond acceptors (Lipinski definition) is 3. The molecule has 3 heteroatoms. The lowest BCUT2D eigenvalue weighted by molar-refractivity contribution is -0.122. The van der Waals surface area contributed by atoms with Crippen LogP contribution in [-0.2, 0) is 10.2 Å². The molecule has 1 unspecified atom stereocenters. The molecule has 1 saturated carbocycles.